The van der Waals surface area contributed by atoms with Gasteiger partial charge in [-0.3, -0.25) is 4.79 Å². The molecule has 3 N–H and O–H groups in total. The molecule has 5 nitrogen and oxygen atoms in total. The minimum atomic E-state index is -0.941. The Labute approximate surface area is 113 Å². The standard InChI is InChI=1S/C14H21NO4/c1-3-14(9-16,10-17)15-13(18)8-11-4-6-12(19-2)7-5-11/h4-7,16-17H,3,8-10H2,1-2H3,(H,15,18). The van der Waals surface area contributed by atoms with Gasteiger partial charge in [-0.05, 0) is 24.1 Å². The van der Waals surface area contributed by atoms with Gasteiger partial charge < -0.3 is 20.3 Å². The van der Waals surface area contributed by atoms with Gasteiger partial charge in [0.25, 0.3) is 0 Å². The predicted octanol–water partition coefficient (Wildman–Crippen LogP) is 0.487. The van der Waals surface area contributed by atoms with Crippen molar-refractivity contribution in [3.63, 3.8) is 0 Å². The number of carbonyl (C=O) groups is 1. The minimum Gasteiger partial charge on any atom is -0.497 e. The molecule has 0 fully saturated rings. The Balaban J connectivity index is 2.63. The molecule has 1 rings (SSSR count). The molecule has 0 saturated heterocycles. The summed E-state index contributed by atoms with van der Waals surface area (Å²) >= 11 is 0. The van der Waals surface area contributed by atoms with E-state index in [-0.39, 0.29) is 25.5 Å². The fourth-order valence-corrected chi connectivity index (χ4v) is 1.71. The smallest absolute Gasteiger partial charge is 0.225 e. The van der Waals surface area contributed by atoms with Crippen LogP contribution in [0.2, 0.25) is 0 Å². The van der Waals surface area contributed by atoms with E-state index in [1.807, 2.05) is 12.1 Å². The van der Waals surface area contributed by atoms with Gasteiger partial charge >= 0.3 is 0 Å². The Kier molecular flexibility index (Phi) is 5.79. The van der Waals surface area contributed by atoms with Crippen LogP contribution in [0, 0.1) is 0 Å². The van der Waals surface area contributed by atoms with Gasteiger partial charge in [0.1, 0.15) is 5.75 Å². The lowest BCUT2D eigenvalue weighted by atomic mass is 9.98. The average molecular weight is 267 g/mol. The van der Waals surface area contributed by atoms with Crippen molar-refractivity contribution >= 4 is 5.91 Å². The summed E-state index contributed by atoms with van der Waals surface area (Å²) in [6.07, 6.45) is 0.667. The summed E-state index contributed by atoms with van der Waals surface area (Å²) < 4.78 is 5.04. The first-order valence-electron chi connectivity index (χ1n) is 6.25. The second-order valence-corrected chi connectivity index (χ2v) is 4.52. The summed E-state index contributed by atoms with van der Waals surface area (Å²) in [5.41, 5.74) is -0.0945. The molecule has 5 heteroatoms. The third-order valence-electron chi connectivity index (χ3n) is 3.21. The number of rotatable bonds is 7. The van der Waals surface area contributed by atoms with E-state index in [1.165, 1.54) is 0 Å². The van der Waals surface area contributed by atoms with Crippen LogP contribution in [0.25, 0.3) is 0 Å². The molecular formula is C14H21NO4. The molecule has 0 unspecified atom stereocenters. The molecular weight excluding hydrogens is 246 g/mol. The van der Waals surface area contributed by atoms with E-state index in [2.05, 4.69) is 5.32 Å². The lowest BCUT2D eigenvalue weighted by Gasteiger charge is -2.29. The summed E-state index contributed by atoms with van der Waals surface area (Å²) in [6, 6.07) is 7.19. The number of hydrogen-bond acceptors (Lipinski definition) is 4. The fraction of sp³-hybridized carbons (Fsp3) is 0.500. The third kappa shape index (κ3) is 4.22. The molecule has 1 aromatic carbocycles. The lowest BCUT2D eigenvalue weighted by molar-refractivity contribution is -0.123. The molecule has 0 atom stereocenters. The summed E-state index contributed by atoms with van der Waals surface area (Å²) in [4.78, 5) is 11.9. The van der Waals surface area contributed by atoms with Gasteiger partial charge in [-0.15, -0.1) is 0 Å². The van der Waals surface area contributed by atoms with E-state index in [1.54, 1.807) is 26.2 Å². The molecule has 106 valence electrons. The lowest BCUT2D eigenvalue weighted by Crippen LogP contribution is -2.54. The molecule has 0 aliphatic rings. The van der Waals surface area contributed by atoms with Crippen molar-refractivity contribution in [1.82, 2.24) is 5.32 Å². The van der Waals surface area contributed by atoms with Crippen LogP contribution in [0.4, 0.5) is 0 Å². The van der Waals surface area contributed by atoms with Crippen molar-refractivity contribution in [2.45, 2.75) is 25.3 Å². The molecule has 1 aromatic rings. The molecule has 1 amide bonds. The molecule has 0 aliphatic heterocycles. The van der Waals surface area contributed by atoms with E-state index < -0.39 is 5.54 Å². The van der Waals surface area contributed by atoms with Gasteiger partial charge in [-0.2, -0.15) is 0 Å². The second-order valence-electron chi connectivity index (χ2n) is 4.52. The predicted molar refractivity (Wildman–Crippen MR) is 72.0 cm³/mol. The summed E-state index contributed by atoms with van der Waals surface area (Å²) in [5, 5.41) is 21.2. The van der Waals surface area contributed by atoms with E-state index in [9.17, 15) is 15.0 Å². The molecule has 0 radical (unpaired) electrons. The van der Waals surface area contributed by atoms with E-state index in [4.69, 9.17) is 4.74 Å². The van der Waals surface area contributed by atoms with Crippen LogP contribution in [-0.2, 0) is 11.2 Å². The summed E-state index contributed by atoms with van der Waals surface area (Å²) in [7, 11) is 1.58. The van der Waals surface area contributed by atoms with E-state index in [0.717, 1.165) is 11.3 Å². The number of ether oxygens (including phenoxy) is 1. The molecule has 0 bridgehead atoms. The molecule has 0 aliphatic carbocycles. The van der Waals surface area contributed by atoms with Gasteiger partial charge in [-0.25, -0.2) is 0 Å². The number of aliphatic hydroxyl groups is 2. The van der Waals surface area contributed by atoms with Crippen LogP contribution < -0.4 is 10.1 Å². The van der Waals surface area contributed by atoms with Crippen molar-refractivity contribution in [3.8, 4) is 5.75 Å². The topological polar surface area (TPSA) is 78.8 Å². The maximum absolute atomic E-state index is 11.9. The van der Waals surface area contributed by atoms with E-state index >= 15 is 0 Å². The molecule has 0 saturated carbocycles. The van der Waals surface area contributed by atoms with Crippen molar-refractivity contribution < 1.29 is 19.7 Å². The molecule has 19 heavy (non-hydrogen) atoms. The van der Waals surface area contributed by atoms with Crippen LogP contribution in [0.15, 0.2) is 24.3 Å². The summed E-state index contributed by atoms with van der Waals surface area (Å²) in [6.45, 7) is 1.24. The highest BCUT2D eigenvalue weighted by Crippen LogP contribution is 2.13. The highest BCUT2D eigenvalue weighted by molar-refractivity contribution is 5.79. The second kappa shape index (κ2) is 7.11. The van der Waals surface area contributed by atoms with E-state index in [0.29, 0.717) is 6.42 Å². The number of amides is 1. The Morgan fingerprint density at radius 2 is 1.84 bits per heavy atom. The first-order chi connectivity index (χ1) is 9.09. The normalized spacial score (nSPS) is 11.2. The van der Waals surface area contributed by atoms with Crippen molar-refractivity contribution in [2.24, 2.45) is 0 Å². The Morgan fingerprint density at radius 3 is 2.26 bits per heavy atom. The third-order valence-corrected chi connectivity index (χ3v) is 3.21. The van der Waals surface area contributed by atoms with Gasteiger partial charge in [0, 0.05) is 0 Å². The number of aliphatic hydroxyl groups excluding tert-OH is 2. The number of hydrogen-bond donors (Lipinski definition) is 3. The highest BCUT2D eigenvalue weighted by Gasteiger charge is 2.28. The van der Waals surface area contributed by atoms with Crippen LogP contribution in [0.3, 0.4) is 0 Å². The minimum absolute atomic E-state index is 0.200. The molecule has 0 heterocycles. The van der Waals surface area contributed by atoms with Crippen molar-refractivity contribution in [3.05, 3.63) is 29.8 Å². The maximum Gasteiger partial charge on any atom is 0.225 e. The SMILES string of the molecule is CCC(CO)(CO)NC(=O)Cc1ccc(OC)cc1. The number of benzene rings is 1. The Bertz CT molecular complexity index is 390. The van der Waals surface area contributed by atoms with Gasteiger partial charge in [0.05, 0.1) is 32.3 Å². The zero-order valence-corrected chi connectivity index (χ0v) is 11.3. The Hall–Kier alpha value is -1.59. The van der Waals surface area contributed by atoms with Gasteiger partial charge in [-0.1, -0.05) is 19.1 Å². The van der Waals surface area contributed by atoms with Crippen LogP contribution in [-0.4, -0.2) is 42.0 Å². The maximum atomic E-state index is 11.9. The van der Waals surface area contributed by atoms with Crippen LogP contribution >= 0.6 is 0 Å². The number of carbonyl (C=O) groups excluding carboxylic acids is 1. The van der Waals surface area contributed by atoms with Crippen molar-refractivity contribution in [1.29, 1.82) is 0 Å². The quantitative estimate of drug-likeness (QED) is 0.671. The first kappa shape index (κ1) is 15.5. The highest BCUT2D eigenvalue weighted by atomic mass is 16.5. The number of nitrogens with one attached hydrogen (secondary N) is 1. The van der Waals surface area contributed by atoms with Gasteiger partial charge in [0.15, 0.2) is 0 Å². The molecule has 0 spiro atoms. The largest absolute Gasteiger partial charge is 0.497 e. The average Bonchev–Trinajstić information content (AvgIpc) is 2.46. The molecule has 0 aromatic heterocycles. The van der Waals surface area contributed by atoms with Crippen LogP contribution in [0.1, 0.15) is 18.9 Å². The zero-order chi connectivity index (χ0) is 14.3. The summed E-state index contributed by atoms with van der Waals surface area (Å²) in [5.74, 6) is 0.507. The fourth-order valence-electron chi connectivity index (χ4n) is 1.71. The zero-order valence-electron chi connectivity index (χ0n) is 11.3. The van der Waals surface area contributed by atoms with Gasteiger partial charge in [0.2, 0.25) is 5.91 Å². The van der Waals surface area contributed by atoms with Crippen molar-refractivity contribution in [2.75, 3.05) is 20.3 Å². The first-order valence-corrected chi connectivity index (χ1v) is 6.25. The Morgan fingerprint density at radius 1 is 1.26 bits per heavy atom. The van der Waals surface area contributed by atoms with Crippen LogP contribution in [0.5, 0.6) is 5.75 Å². The number of methoxy groups -OCH3 is 1. The monoisotopic (exact) mass is 267 g/mol.